The van der Waals surface area contributed by atoms with Crippen LogP contribution in [0.5, 0.6) is 0 Å². The fraction of sp³-hybridized carbons (Fsp3) is 0.933. The van der Waals surface area contributed by atoms with Crippen molar-refractivity contribution >= 4 is 5.97 Å². The monoisotopic (exact) mass is 286 g/mol. The predicted octanol–water partition coefficient (Wildman–Crippen LogP) is 1.42. The van der Waals surface area contributed by atoms with Gasteiger partial charge < -0.3 is 14.8 Å². The molecular formula is C15H30N2O3. The minimum atomic E-state index is -0.658. The smallest absolute Gasteiger partial charge is 0.327 e. The number of hydrogen-bond donors (Lipinski definition) is 1. The van der Waals surface area contributed by atoms with Gasteiger partial charge in [-0.25, -0.2) is 0 Å². The van der Waals surface area contributed by atoms with E-state index in [1.54, 1.807) is 0 Å². The molecule has 1 aliphatic heterocycles. The van der Waals surface area contributed by atoms with E-state index in [2.05, 4.69) is 31.0 Å². The third-order valence-corrected chi connectivity index (χ3v) is 3.97. The van der Waals surface area contributed by atoms with Gasteiger partial charge in [-0.3, -0.25) is 9.69 Å². The van der Waals surface area contributed by atoms with E-state index < -0.39 is 5.54 Å². The van der Waals surface area contributed by atoms with E-state index in [-0.39, 0.29) is 12.1 Å². The van der Waals surface area contributed by atoms with Gasteiger partial charge in [0.2, 0.25) is 0 Å². The number of morpholine rings is 1. The molecule has 1 rings (SSSR count). The average molecular weight is 286 g/mol. The molecule has 3 unspecified atom stereocenters. The number of nitrogens with one attached hydrogen (secondary N) is 1. The molecule has 1 N–H and O–H groups in total. The zero-order valence-electron chi connectivity index (χ0n) is 13.6. The molecule has 0 aromatic carbocycles. The van der Waals surface area contributed by atoms with Gasteiger partial charge in [0.25, 0.3) is 0 Å². The second kappa shape index (κ2) is 7.96. The highest BCUT2D eigenvalue weighted by Gasteiger charge is 2.38. The number of rotatable bonds is 7. The molecule has 1 aliphatic rings. The zero-order chi connectivity index (χ0) is 15.2. The van der Waals surface area contributed by atoms with E-state index in [4.69, 9.17) is 9.47 Å². The van der Waals surface area contributed by atoms with Crippen molar-refractivity contribution < 1.29 is 14.3 Å². The largest absolute Gasteiger partial charge is 0.468 e. The van der Waals surface area contributed by atoms with Crippen LogP contribution in [0.4, 0.5) is 0 Å². The highest BCUT2D eigenvalue weighted by molar-refractivity contribution is 5.80. The Morgan fingerprint density at radius 3 is 2.75 bits per heavy atom. The van der Waals surface area contributed by atoms with Crippen molar-refractivity contribution in [3.8, 4) is 0 Å². The van der Waals surface area contributed by atoms with Crippen LogP contribution in [0.15, 0.2) is 0 Å². The summed E-state index contributed by atoms with van der Waals surface area (Å²) >= 11 is 0. The van der Waals surface area contributed by atoms with Crippen LogP contribution in [0.25, 0.3) is 0 Å². The van der Waals surface area contributed by atoms with Crippen LogP contribution in [0, 0.1) is 0 Å². The maximum Gasteiger partial charge on any atom is 0.327 e. The number of methoxy groups -OCH3 is 1. The van der Waals surface area contributed by atoms with Gasteiger partial charge in [-0.15, -0.1) is 0 Å². The first-order valence-electron chi connectivity index (χ1n) is 7.65. The van der Waals surface area contributed by atoms with Gasteiger partial charge in [0, 0.05) is 19.1 Å². The van der Waals surface area contributed by atoms with Crippen LogP contribution >= 0.6 is 0 Å². The van der Waals surface area contributed by atoms with Crippen LogP contribution in [0.2, 0.25) is 0 Å². The topological polar surface area (TPSA) is 50.8 Å². The molecule has 20 heavy (non-hydrogen) atoms. The van der Waals surface area contributed by atoms with Gasteiger partial charge in [0.1, 0.15) is 5.54 Å². The van der Waals surface area contributed by atoms with Gasteiger partial charge in [-0.1, -0.05) is 13.8 Å². The molecule has 5 nitrogen and oxygen atoms in total. The summed E-state index contributed by atoms with van der Waals surface area (Å²) in [6.07, 6.45) is 2.23. The maximum absolute atomic E-state index is 12.1. The minimum absolute atomic E-state index is 0.194. The van der Waals surface area contributed by atoms with Crippen LogP contribution < -0.4 is 5.32 Å². The van der Waals surface area contributed by atoms with Crippen LogP contribution in [-0.2, 0) is 14.3 Å². The molecule has 1 saturated heterocycles. The van der Waals surface area contributed by atoms with E-state index in [0.717, 1.165) is 32.5 Å². The summed E-state index contributed by atoms with van der Waals surface area (Å²) in [5.74, 6) is -0.194. The lowest BCUT2D eigenvalue weighted by Crippen LogP contribution is -2.61. The third-order valence-electron chi connectivity index (χ3n) is 3.97. The molecule has 0 aromatic rings. The van der Waals surface area contributed by atoms with Gasteiger partial charge in [-0.2, -0.15) is 0 Å². The summed E-state index contributed by atoms with van der Waals surface area (Å²) in [4.78, 5) is 14.5. The molecular weight excluding hydrogens is 256 g/mol. The first-order valence-corrected chi connectivity index (χ1v) is 7.65. The number of ether oxygens (including phenoxy) is 2. The zero-order valence-corrected chi connectivity index (χ0v) is 13.6. The highest BCUT2D eigenvalue weighted by atomic mass is 16.5. The average Bonchev–Trinajstić information content (AvgIpc) is 2.44. The molecule has 118 valence electrons. The SMILES string of the molecule is CCCNC(C)(CN1CC(C)OCC1CC)C(=O)OC. The Morgan fingerprint density at radius 2 is 2.20 bits per heavy atom. The summed E-state index contributed by atoms with van der Waals surface area (Å²) in [5, 5.41) is 3.35. The number of carbonyl (C=O) groups excluding carboxylic acids is 1. The molecule has 3 atom stereocenters. The van der Waals surface area contributed by atoms with E-state index in [9.17, 15) is 4.79 Å². The van der Waals surface area contributed by atoms with Crippen molar-refractivity contribution in [1.29, 1.82) is 0 Å². The van der Waals surface area contributed by atoms with Gasteiger partial charge >= 0.3 is 5.97 Å². The van der Waals surface area contributed by atoms with Gasteiger partial charge in [0.15, 0.2) is 0 Å². The number of esters is 1. The maximum atomic E-state index is 12.1. The fourth-order valence-corrected chi connectivity index (χ4v) is 2.71. The Morgan fingerprint density at radius 1 is 1.50 bits per heavy atom. The standard InChI is InChI=1S/C15H30N2O3/c1-6-8-16-15(4,14(18)19-5)11-17-9-12(3)20-10-13(17)7-2/h12-13,16H,6-11H2,1-5H3. The summed E-state index contributed by atoms with van der Waals surface area (Å²) in [5.41, 5.74) is -0.658. The van der Waals surface area contributed by atoms with E-state index in [1.807, 2.05) is 6.92 Å². The third kappa shape index (κ3) is 4.43. The van der Waals surface area contributed by atoms with Crippen molar-refractivity contribution in [2.24, 2.45) is 0 Å². The lowest BCUT2D eigenvalue weighted by atomic mass is 9.98. The molecule has 1 fully saturated rings. The molecule has 0 saturated carbocycles. The fourth-order valence-electron chi connectivity index (χ4n) is 2.71. The predicted molar refractivity (Wildman–Crippen MR) is 79.8 cm³/mol. The molecule has 5 heteroatoms. The summed E-state index contributed by atoms with van der Waals surface area (Å²) in [6, 6.07) is 0.374. The summed E-state index contributed by atoms with van der Waals surface area (Å²) in [6.45, 7) is 11.3. The van der Waals surface area contributed by atoms with Crippen molar-refractivity contribution in [2.75, 3.05) is 33.4 Å². The normalized spacial score (nSPS) is 27.1. The Bertz CT molecular complexity index is 311. The second-order valence-electron chi connectivity index (χ2n) is 5.89. The van der Waals surface area contributed by atoms with Crippen molar-refractivity contribution in [2.45, 2.75) is 58.2 Å². The molecule has 0 aliphatic carbocycles. The van der Waals surface area contributed by atoms with Crippen LogP contribution in [-0.4, -0.2) is 61.9 Å². The second-order valence-corrected chi connectivity index (χ2v) is 5.89. The van der Waals surface area contributed by atoms with Crippen molar-refractivity contribution in [3.05, 3.63) is 0 Å². The van der Waals surface area contributed by atoms with E-state index in [1.165, 1.54) is 7.11 Å². The van der Waals surface area contributed by atoms with Gasteiger partial charge in [-0.05, 0) is 33.2 Å². The molecule has 0 aromatic heterocycles. The Labute approximate surface area is 123 Å². The van der Waals surface area contributed by atoms with Crippen LogP contribution in [0.1, 0.15) is 40.5 Å². The quantitative estimate of drug-likeness (QED) is 0.717. The molecule has 0 radical (unpaired) electrons. The van der Waals surface area contributed by atoms with E-state index in [0.29, 0.717) is 12.6 Å². The lowest BCUT2D eigenvalue weighted by Gasteiger charge is -2.42. The van der Waals surface area contributed by atoms with Crippen LogP contribution in [0.3, 0.4) is 0 Å². The van der Waals surface area contributed by atoms with E-state index >= 15 is 0 Å². The van der Waals surface area contributed by atoms with Gasteiger partial charge in [0.05, 0.1) is 19.8 Å². The highest BCUT2D eigenvalue weighted by Crippen LogP contribution is 2.19. The first-order chi connectivity index (χ1) is 9.46. The van der Waals surface area contributed by atoms with Crippen molar-refractivity contribution in [3.63, 3.8) is 0 Å². The number of hydrogen-bond acceptors (Lipinski definition) is 5. The molecule has 1 heterocycles. The Kier molecular flexibility index (Phi) is 6.92. The molecule has 0 amide bonds. The summed E-state index contributed by atoms with van der Waals surface area (Å²) in [7, 11) is 1.45. The number of carbonyl (C=O) groups is 1. The minimum Gasteiger partial charge on any atom is -0.468 e. The Balaban J connectivity index is 2.78. The van der Waals surface area contributed by atoms with Crippen molar-refractivity contribution in [1.82, 2.24) is 10.2 Å². The Hall–Kier alpha value is -0.650. The molecule has 0 bridgehead atoms. The first kappa shape index (κ1) is 17.4. The lowest BCUT2D eigenvalue weighted by molar-refractivity contribution is -0.150. The number of nitrogens with zero attached hydrogens (tertiary/aromatic N) is 1. The molecule has 0 spiro atoms. The summed E-state index contributed by atoms with van der Waals surface area (Å²) < 4.78 is 10.7.